The van der Waals surface area contributed by atoms with Crippen LogP contribution in [0.3, 0.4) is 0 Å². The quantitative estimate of drug-likeness (QED) is 0.746. The number of halogens is 1. The van der Waals surface area contributed by atoms with E-state index in [4.69, 9.17) is 0 Å². The van der Waals surface area contributed by atoms with Crippen molar-refractivity contribution >= 4 is 33.0 Å². The Morgan fingerprint density at radius 3 is 2.62 bits per heavy atom. The monoisotopic (exact) mass is 399 g/mol. The van der Waals surface area contributed by atoms with Crippen LogP contribution in [0.4, 0.5) is 10.1 Å². The number of carbonyl (C=O) groups excluding carboxylic acids is 1. The second-order valence-electron chi connectivity index (χ2n) is 6.56. The Morgan fingerprint density at radius 2 is 2.04 bits per heavy atom. The summed E-state index contributed by atoms with van der Waals surface area (Å²) in [5.74, 6) is -0.554. The van der Waals surface area contributed by atoms with E-state index in [9.17, 15) is 17.6 Å². The summed E-state index contributed by atoms with van der Waals surface area (Å²) in [7, 11) is -3.41. The molecule has 6 nitrogen and oxygen atoms in total. The minimum absolute atomic E-state index is 0.192. The van der Waals surface area contributed by atoms with Crippen molar-refractivity contribution in [2.45, 2.75) is 33.2 Å². The van der Waals surface area contributed by atoms with Crippen LogP contribution in [0.2, 0.25) is 0 Å². The van der Waals surface area contributed by atoms with Crippen LogP contribution in [-0.4, -0.2) is 25.6 Å². The Morgan fingerprint density at radius 1 is 1.35 bits per heavy atom. The molecule has 0 aliphatic rings. The van der Waals surface area contributed by atoms with Crippen LogP contribution in [0.15, 0.2) is 23.6 Å². The molecule has 0 saturated heterocycles. The van der Waals surface area contributed by atoms with E-state index in [2.05, 4.69) is 15.0 Å². The molecular formula is C17H22FN3O3S2. The second-order valence-corrected chi connectivity index (χ2v) is 9.23. The molecule has 0 radical (unpaired) electrons. The number of anilines is 1. The molecule has 1 heterocycles. The van der Waals surface area contributed by atoms with Gasteiger partial charge in [-0.3, -0.25) is 4.79 Å². The number of thiazole rings is 1. The number of hydrogen-bond acceptors (Lipinski definition) is 5. The topological polar surface area (TPSA) is 88.2 Å². The summed E-state index contributed by atoms with van der Waals surface area (Å²) in [6, 6.07) is 3.60. The molecule has 0 aliphatic carbocycles. The fraction of sp³-hybridized carbons (Fsp3) is 0.412. The van der Waals surface area contributed by atoms with Crippen LogP contribution in [0, 0.1) is 18.7 Å². The van der Waals surface area contributed by atoms with Gasteiger partial charge in [-0.05, 0) is 43.0 Å². The predicted molar refractivity (Wildman–Crippen MR) is 101 cm³/mol. The summed E-state index contributed by atoms with van der Waals surface area (Å²) in [4.78, 5) is 16.7. The molecule has 1 aromatic carbocycles. The maximum absolute atomic E-state index is 13.2. The number of nitrogens with one attached hydrogen (secondary N) is 2. The number of benzene rings is 1. The highest BCUT2D eigenvalue weighted by atomic mass is 32.2. The van der Waals surface area contributed by atoms with Crippen LogP contribution in [0.1, 0.15) is 47.4 Å². The van der Waals surface area contributed by atoms with Crippen molar-refractivity contribution < 1.29 is 17.6 Å². The number of amides is 1. The van der Waals surface area contributed by atoms with Gasteiger partial charge in [0.1, 0.15) is 16.5 Å². The Kier molecular flexibility index (Phi) is 6.48. The van der Waals surface area contributed by atoms with E-state index in [1.807, 2.05) is 13.8 Å². The standard InChI is InChI=1S/C17H22FN3O3S2/c1-10(2)7-14(21-26(4,23)24)17-20-15(9-25-17)16(22)19-13-6-5-12(18)8-11(13)3/h5-6,8-10,14,21H,7H2,1-4H3,(H,19,22)/t14-/m0/s1. The first-order valence-corrected chi connectivity index (χ1v) is 10.8. The number of aromatic nitrogens is 1. The van der Waals surface area contributed by atoms with Crippen molar-refractivity contribution in [1.82, 2.24) is 9.71 Å². The summed E-state index contributed by atoms with van der Waals surface area (Å²) >= 11 is 1.23. The average Bonchev–Trinajstić information content (AvgIpc) is 2.97. The molecule has 1 atom stereocenters. The summed E-state index contributed by atoms with van der Waals surface area (Å²) in [6.07, 6.45) is 1.66. The highest BCUT2D eigenvalue weighted by molar-refractivity contribution is 7.88. The molecule has 2 N–H and O–H groups in total. The lowest BCUT2D eigenvalue weighted by Gasteiger charge is -2.17. The molecule has 0 bridgehead atoms. The van der Waals surface area contributed by atoms with Crippen molar-refractivity contribution in [1.29, 1.82) is 0 Å². The van der Waals surface area contributed by atoms with Gasteiger partial charge < -0.3 is 5.32 Å². The van der Waals surface area contributed by atoms with Gasteiger partial charge in [0, 0.05) is 11.1 Å². The molecule has 1 amide bonds. The van der Waals surface area contributed by atoms with Crippen LogP contribution in [0.5, 0.6) is 0 Å². The van der Waals surface area contributed by atoms with Crippen molar-refractivity contribution in [3.05, 3.63) is 45.7 Å². The van der Waals surface area contributed by atoms with Gasteiger partial charge in [0.25, 0.3) is 5.91 Å². The number of carbonyl (C=O) groups is 1. The largest absolute Gasteiger partial charge is 0.320 e. The first-order valence-electron chi connectivity index (χ1n) is 8.05. The number of aryl methyl sites for hydroxylation is 1. The number of rotatable bonds is 7. The van der Waals surface area contributed by atoms with Gasteiger partial charge in [0.2, 0.25) is 10.0 Å². The molecule has 142 valence electrons. The molecule has 9 heteroatoms. The fourth-order valence-corrected chi connectivity index (χ4v) is 4.10. The Labute approximate surface area is 156 Å². The van der Waals surface area contributed by atoms with Crippen molar-refractivity contribution in [3.8, 4) is 0 Å². The number of nitrogens with zero attached hydrogens (tertiary/aromatic N) is 1. The summed E-state index contributed by atoms with van der Waals surface area (Å²) in [5.41, 5.74) is 1.29. The summed E-state index contributed by atoms with van der Waals surface area (Å²) < 4.78 is 38.9. The molecule has 2 aromatic rings. The third kappa shape index (κ3) is 5.86. The summed E-state index contributed by atoms with van der Waals surface area (Å²) in [6.45, 7) is 5.66. The van der Waals surface area contributed by atoms with Crippen molar-refractivity contribution in [2.75, 3.05) is 11.6 Å². The Bertz CT molecular complexity index is 894. The van der Waals surface area contributed by atoms with Gasteiger partial charge in [-0.15, -0.1) is 11.3 Å². The third-order valence-corrected chi connectivity index (χ3v) is 5.22. The highest BCUT2D eigenvalue weighted by Gasteiger charge is 2.22. The van der Waals surface area contributed by atoms with Crippen LogP contribution in [0.25, 0.3) is 0 Å². The van der Waals surface area contributed by atoms with Gasteiger partial charge in [-0.25, -0.2) is 22.5 Å². The maximum Gasteiger partial charge on any atom is 0.275 e. The predicted octanol–water partition coefficient (Wildman–Crippen LogP) is 3.48. The van der Waals surface area contributed by atoms with Gasteiger partial charge in [-0.2, -0.15) is 0 Å². The molecular weight excluding hydrogens is 377 g/mol. The maximum atomic E-state index is 13.2. The van der Waals surface area contributed by atoms with Gasteiger partial charge in [-0.1, -0.05) is 13.8 Å². The lowest BCUT2D eigenvalue weighted by Crippen LogP contribution is -2.28. The molecule has 0 aliphatic heterocycles. The van der Waals surface area contributed by atoms with E-state index in [1.165, 1.54) is 29.5 Å². The molecule has 0 unspecified atom stereocenters. The first kappa shape index (κ1) is 20.5. The van der Waals surface area contributed by atoms with Crippen LogP contribution >= 0.6 is 11.3 Å². The Balaban J connectivity index is 2.19. The second kappa shape index (κ2) is 8.24. The minimum atomic E-state index is -3.41. The Hall–Kier alpha value is -1.84. The molecule has 0 saturated carbocycles. The third-order valence-electron chi connectivity index (χ3n) is 3.55. The smallest absolute Gasteiger partial charge is 0.275 e. The molecule has 1 aromatic heterocycles. The molecule has 2 rings (SSSR count). The van der Waals surface area contributed by atoms with Crippen molar-refractivity contribution in [3.63, 3.8) is 0 Å². The van der Waals surface area contributed by atoms with Gasteiger partial charge in [0.05, 0.1) is 12.3 Å². The van der Waals surface area contributed by atoms with E-state index in [0.717, 1.165) is 6.26 Å². The lowest BCUT2D eigenvalue weighted by molar-refractivity contribution is 0.102. The first-order chi connectivity index (χ1) is 12.0. The van der Waals surface area contributed by atoms with E-state index in [0.29, 0.717) is 22.7 Å². The fourth-order valence-electron chi connectivity index (χ4n) is 2.43. The van der Waals surface area contributed by atoms with E-state index < -0.39 is 22.0 Å². The van der Waals surface area contributed by atoms with E-state index in [-0.39, 0.29) is 17.4 Å². The number of sulfonamides is 1. The van der Waals surface area contributed by atoms with Gasteiger partial charge in [0.15, 0.2) is 0 Å². The zero-order valence-electron chi connectivity index (χ0n) is 15.0. The van der Waals surface area contributed by atoms with E-state index >= 15 is 0 Å². The zero-order valence-corrected chi connectivity index (χ0v) is 16.7. The van der Waals surface area contributed by atoms with Crippen LogP contribution in [-0.2, 0) is 10.0 Å². The van der Waals surface area contributed by atoms with E-state index in [1.54, 1.807) is 12.3 Å². The normalized spacial score (nSPS) is 13.0. The molecule has 26 heavy (non-hydrogen) atoms. The lowest BCUT2D eigenvalue weighted by atomic mass is 10.1. The van der Waals surface area contributed by atoms with Crippen LogP contribution < -0.4 is 10.0 Å². The average molecular weight is 400 g/mol. The SMILES string of the molecule is Cc1cc(F)ccc1NC(=O)c1csc([C@H](CC(C)C)NS(C)(=O)=O)n1. The zero-order chi connectivity index (χ0) is 19.5. The molecule has 0 spiro atoms. The minimum Gasteiger partial charge on any atom is -0.320 e. The van der Waals surface area contributed by atoms with Gasteiger partial charge >= 0.3 is 0 Å². The number of hydrogen-bond donors (Lipinski definition) is 2. The summed E-state index contributed by atoms with van der Waals surface area (Å²) in [5, 5.41) is 4.81. The highest BCUT2D eigenvalue weighted by Crippen LogP contribution is 2.26. The molecule has 0 fully saturated rings. The van der Waals surface area contributed by atoms with Crippen molar-refractivity contribution in [2.24, 2.45) is 5.92 Å².